The zero-order valence-corrected chi connectivity index (χ0v) is 7.79. The van der Waals surface area contributed by atoms with E-state index in [0.29, 0.717) is 0 Å². The van der Waals surface area contributed by atoms with Gasteiger partial charge in [0.05, 0.1) is 11.6 Å². The first kappa shape index (κ1) is 11.4. The molecule has 0 atom stereocenters. The lowest BCUT2D eigenvalue weighted by Crippen LogP contribution is -1.94. The van der Waals surface area contributed by atoms with E-state index in [1.807, 2.05) is 0 Å². The lowest BCUT2D eigenvalue weighted by molar-refractivity contribution is -0.132. The van der Waals surface area contributed by atoms with Crippen LogP contribution in [0, 0.1) is 6.07 Å². The molecule has 0 rings (SSSR count). The Kier molecular flexibility index (Phi) is 6.26. The summed E-state index contributed by atoms with van der Waals surface area (Å²) in [5.41, 5.74) is 0.0400. The van der Waals surface area contributed by atoms with Crippen LogP contribution < -0.4 is 0 Å². The molecule has 3 nitrogen and oxygen atoms in total. The van der Waals surface area contributed by atoms with Crippen LogP contribution in [0.4, 0.5) is 0 Å². The quantitative estimate of drug-likeness (QED) is 0.312. The van der Waals surface area contributed by atoms with Gasteiger partial charge in [-0.2, -0.15) is 0 Å². The largest absolute Gasteiger partial charge is 0.478 e. The monoisotopic (exact) mass is 180 g/mol. The van der Waals surface area contributed by atoms with Gasteiger partial charge in [0, 0.05) is 6.42 Å². The lowest BCUT2D eigenvalue weighted by atomic mass is 10.3. The van der Waals surface area contributed by atoms with Crippen LogP contribution in [0.15, 0.2) is 24.3 Å². The maximum Gasteiger partial charge on any atom is 0.335 e. The first-order chi connectivity index (χ1) is 6.18. The third kappa shape index (κ3) is 6.82. The summed E-state index contributed by atoms with van der Waals surface area (Å²) in [4.78, 5) is 14.2. The SMILES string of the molecule is C=C(C=CC#[N+]CCCC)C(=O)O. The van der Waals surface area contributed by atoms with Gasteiger partial charge in [-0.05, 0) is 12.5 Å². The zero-order chi connectivity index (χ0) is 10.1. The van der Waals surface area contributed by atoms with Crippen molar-refractivity contribution in [1.82, 2.24) is 0 Å². The van der Waals surface area contributed by atoms with Crippen molar-refractivity contribution in [2.24, 2.45) is 0 Å². The van der Waals surface area contributed by atoms with Crippen LogP contribution in [-0.2, 0) is 4.79 Å². The molecule has 0 spiro atoms. The van der Waals surface area contributed by atoms with Crippen LogP contribution in [-0.4, -0.2) is 17.6 Å². The number of hydrogen-bond donors (Lipinski definition) is 1. The van der Waals surface area contributed by atoms with Crippen LogP contribution in [0.2, 0.25) is 0 Å². The highest BCUT2D eigenvalue weighted by atomic mass is 16.4. The standard InChI is InChI=1S/C10H13NO2/c1-3-4-7-11-8-5-6-9(2)10(12)13/h5-6H,2-4,7H2,1H3/p+1. The maximum absolute atomic E-state index is 10.3. The van der Waals surface area contributed by atoms with Crippen LogP contribution in [0.5, 0.6) is 0 Å². The Balaban J connectivity index is 3.78. The summed E-state index contributed by atoms with van der Waals surface area (Å²) in [6, 6.07) is 2.63. The molecule has 0 unspecified atom stereocenters. The fraction of sp³-hybridized carbons (Fsp3) is 0.400. The van der Waals surface area contributed by atoms with Crippen LogP contribution >= 0.6 is 0 Å². The van der Waals surface area contributed by atoms with E-state index in [4.69, 9.17) is 5.11 Å². The van der Waals surface area contributed by atoms with E-state index in [-0.39, 0.29) is 5.57 Å². The minimum absolute atomic E-state index is 0.0400. The Morgan fingerprint density at radius 3 is 2.92 bits per heavy atom. The summed E-state index contributed by atoms with van der Waals surface area (Å²) in [6.07, 6.45) is 4.96. The fourth-order valence-electron chi connectivity index (χ4n) is 0.564. The number of aliphatic carboxylic acids is 1. The minimum atomic E-state index is -1.02. The Labute approximate surface area is 78.2 Å². The van der Waals surface area contributed by atoms with Crippen molar-refractivity contribution in [2.45, 2.75) is 19.8 Å². The molecular formula is C10H14NO2+. The Hall–Kier alpha value is -1.56. The van der Waals surface area contributed by atoms with Crippen LogP contribution in [0.1, 0.15) is 19.8 Å². The molecule has 13 heavy (non-hydrogen) atoms. The lowest BCUT2D eigenvalue weighted by Gasteiger charge is -1.83. The molecule has 0 aliphatic rings. The molecule has 0 amide bonds. The van der Waals surface area contributed by atoms with Gasteiger partial charge in [-0.25, -0.2) is 4.79 Å². The van der Waals surface area contributed by atoms with Gasteiger partial charge in [-0.3, -0.25) is 0 Å². The minimum Gasteiger partial charge on any atom is -0.478 e. The van der Waals surface area contributed by atoms with Gasteiger partial charge >= 0.3 is 12.0 Å². The smallest absolute Gasteiger partial charge is 0.335 e. The highest BCUT2D eigenvalue weighted by Crippen LogP contribution is 1.91. The van der Waals surface area contributed by atoms with E-state index < -0.39 is 5.97 Å². The van der Waals surface area contributed by atoms with Gasteiger partial charge in [-0.1, -0.05) is 18.3 Å². The second kappa shape index (κ2) is 7.11. The molecule has 0 aliphatic heterocycles. The number of nitrogens with zero attached hydrogens (tertiary/aromatic N) is 1. The van der Waals surface area contributed by atoms with Crippen molar-refractivity contribution >= 4 is 5.97 Å². The van der Waals surface area contributed by atoms with Crippen molar-refractivity contribution in [1.29, 1.82) is 0 Å². The number of carbonyl (C=O) groups is 1. The topological polar surface area (TPSA) is 41.7 Å². The Morgan fingerprint density at radius 1 is 1.69 bits per heavy atom. The first-order valence-corrected chi connectivity index (χ1v) is 4.19. The van der Waals surface area contributed by atoms with Crippen molar-refractivity contribution in [3.63, 3.8) is 0 Å². The third-order valence-electron chi connectivity index (χ3n) is 1.35. The number of unbranched alkanes of at least 4 members (excludes halogenated alkanes) is 1. The second-order valence-corrected chi connectivity index (χ2v) is 2.53. The summed E-state index contributed by atoms with van der Waals surface area (Å²) >= 11 is 0. The number of carboxylic acid groups (broad SMARTS) is 1. The van der Waals surface area contributed by atoms with Crippen LogP contribution in [0.3, 0.4) is 0 Å². The van der Waals surface area contributed by atoms with E-state index in [0.717, 1.165) is 19.4 Å². The normalized spacial score (nSPS) is 9.31. The van der Waals surface area contributed by atoms with Gasteiger partial charge in [0.25, 0.3) is 6.54 Å². The predicted octanol–water partition coefficient (Wildman–Crippen LogP) is 2.32. The van der Waals surface area contributed by atoms with Gasteiger partial charge in [-0.15, -0.1) is 0 Å². The van der Waals surface area contributed by atoms with Gasteiger partial charge in [0.1, 0.15) is 0 Å². The molecule has 0 aromatic heterocycles. The molecule has 0 aliphatic carbocycles. The predicted molar refractivity (Wildman–Crippen MR) is 52.9 cm³/mol. The van der Waals surface area contributed by atoms with Crippen LogP contribution in [0.25, 0.3) is 4.85 Å². The molecule has 0 saturated carbocycles. The van der Waals surface area contributed by atoms with E-state index >= 15 is 0 Å². The molecule has 70 valence electrons. The van der Waals surface area contributed by atoms with Gasteiger partial charge in [0.15, 0.2) is 0 Å². The third-order valence-corrected chi connectivity index (χ3v) is 1.35. The molecule has 0 bridgehead atoms. The summed E-state index contributed by atoms with van der Waals surface area (Å²) in [5.74, 6) is -1.02. The second-order valence-electron chi connectivity index (χ2n) is 2.53. The highest BCUT2D eigenvalue weighted by molar-refractivity contribution is 5.89. The van der Waals surface area contributed by atoms with Crippen molar-refractivity contribution < 1.29 is 9.90 Å². The number of hydrogen-bond acceptors (Lipinski definition) is 1. The van der Waals surface area contributed by atoms with E-state index in [1.165, 1.54) is 12.2 Å². The Morgan fingerprint density at radius 2 is 2.38 bits per heavy atom. The molecular weight excluding hydrogens is 166 g/mol. The van der Waals surface area contributed by atoms with E-state index in [9.17, 15) is 4.79 Å². The van der Waals surface area contributed by atoms with Crippen molar-refractivity contribution in [3.05, 3.63) is 29.1 Å². The summed E-state index contributed by atoms with van der Waals surface area (Å²) in [7, 11) is 0. The van der Waals surface area contributed by atoms with E-state index in [2.05, 4.69) is 24.4 Å². The summed E-state index contributed by atoms with van der Waals surface area (Å²) < 4.78 is 0. The average molecular weight is 180 g/mol. The summed E-state index contributed by atoms with van der Waals surface area (Å²) in [5, 5.41) is 8.41. The molecule has 0 fully saturated rings. The molecule has 0 heterocycles. The van der Waals surface area contributed by atoms with Gasteiger partial charge in [0.2, 0.25) is 0 Å². The number of allylic oxidation sites excluding steroid dienone is 1. The van der Waals surface area contributed by atoms with Crippen molar-refractivity contribution in [2.75, 3.05) is 6.54 Å². The van der Waals surface area contributed by atoms with E-state index in [1.54, 1.807) is 0 Å². The number of carboxylic acids is 1. The molecule has 0 saturated heterocycles. The summed E-state index contributed by atoms with van der Waals surface area (Å²) in [6.45, 7) is 6.14. The van der Waals surface area contributed by atoms with Crippen molar-refractivity contribution in [3.8, 4) is 6.07 Å². The van der Waals surface area contributed by atoms with Gasteiger partial charge < -0.3 is 5.11 Å². The zero-order valence-electron chi connectivity index (χ0n) is 7.79. The first-order valence-electron chi connectivity index (χ1n) is 4.19. The molecule has 0 radical (unpaired) electrons. The molecule has 0 aromatic rings. The molecule has 1 N–H and O–H groups in total. The molecule has 3 heteroatoms. The average Bonchev–Trinajstić information content (AvgIpc) is 2.10. The highest BCUT2D eigenvalue weighted by Gasteiger charge is 1.96. The Bertz CT molecular complexity index is 268. The number of rotatable bonds is 4. The fourth-order valence-corrected chi connectivity index (χ4v) is 0.564. The maximum atomic E-state index is 10.3. The molecule has 0 aromatic carbocycles.